The van der Waals surface area contributed by atoms with Crippen molar-refractivity contribution in [3.8, 4) is 0 Å². The third kappa shape index (κ3) is 2.85. The molecule has 3 rings (SSSR count). The summed E-state index contributed by atoms with van der Waals surface area (Å²) in [6.07, 6.45) is 12.8. The van der Waals surface area contributed by atoms with Gasteiger partial charge in [-0.25, -0.2) is 0 Å². The van der Waals surface area contributed by atoms with E-state index in [2.05, 4.69) is 24.1 Å². The van der Waals surface area contributed by atoms with Crippen LogP contribution in [0.2, 0.25) is 0 Å². The smallest absolute Gasteiger partial charge is 0.0309 e. The molecule has 0 amide bonds. The molecule has 0 bridgehead atoms. The van der Waals surface area contributed by atoms with Crippen LogP contribution in [0.4, 0.5) is 0 Å². The van der Waals surface area contributed by atoms with Crippen LogP contribution in [-0.2, 0) is 0 Å². The molecule has 2 saturated carbocycles. The number of hydrogen-bond acceptors (Lipinski definition) is 2. The second kappa shape index (κ2) is 5.73. The summed E-state index contributed by atoms with van der Waals surface area (Å²) in [4.78, 5) is 2.93. The van der Waals surface area contributed by atoms with Crippen molar-refractivity contribution in [2.24, 2.45) is 5.92 Å². The molecule has 1 N–H and O–H groups in total. The normalized spacial score (nSPS) is 32.1. The van der Waals surface area contributed by atoms with Crippen molar-refractivity contribution in [2.75, 3.05) is 13.1 Å². The summed E-state index contributed by atoms with van der Waals surface area (Å²) in [5.74, 6) is 1.01. The van der Waals surface area contributed by atoms with Crippen molar-refractivity contribution >= 4 is 0 Å². The van der Waals surface area contributed by atoms with Gasteiger partial charge in [0.25, 0.3) is 0 Å². The summed E-state index contributed by atoms with van der Waals surface area (Å²) in [5, 5.41) is 4.00. The zero-order valence-corrected chi connectivity index (χ0v) is 13.0. The van der Waals surface area contributed by atoms with Crippen LogP contribution in [0, 0.1) is 5.92 Å². The lowest BCUT2D eigenvalue weighted by atomic mass is 9.78. The van der Waals surface area contributed by atoms with Crippen LogP contribution in [0.3, 0.4) is 0 Å². The van der Waals surface area contributed by atoms with Crippen molar-refractivity contribution in [3.63, 3.8) is 0 Å². The summed E-state index contributed by atoms with van der Waals surface area (Å²) < 4.78 is 0. The van der Waals surface area contributed by atoms with Gasteiger partial charge in [-0.3, -0.25) is 4.90 Å². The average molecular weight is 264 g/mol. The van der Waals surface area contributed by atoms with Crippen LogP contribution in [-0.4, -0.2) is 35.6 Å². The highest BCUT2D eigenvalue weighted by atomic mass is 15.3. The van der Waals surface area contributed by atoms with Gasteiger partial charge in [0.2, 0.25) is 0 Å². The average Bonchev–Trinajstić information content (AvgIpc) is 3.26. The van der Waals surface area contributed by atoms with E-state index in [-0.39, 0.29) is 0 Å². The van der Waals surface area contributed by atoms with E-state index in [0.717, 1.165) is 18.0 Å². The summed E-state index contributed by atoms with van der Waals surface area (Å²) in [6, 6.07) is 1.67. The molecular weight excluding hydrogens is 232 g/mol. The first-order valence-corrected chi connectivity index (χ1v) is 8.79. The highest BCUT2D eigenvalue weighted by Crippen LogP contribution is 2.41. The predicted octanol–water partition coefficient (Wildman–Crippen LogP) is 3.56. The van der Waals surface area contributed by atoms with E-state index >= 15 is 0 Å². The van der Waals surface area contributed by atoms with Crippen molar-refractivity contribution < 1.29 is 0 Å². The van der Waals surface area contributed by atoms with E-state index in [0.29, 0.717) is 5.54 Å². The van der Waals surface area contributed by atoms with Crippen molar-refractivity contribution in [1.82, 2.24) is 10.2 Å². The molecule has 2 nitrogen and oxygen atoms in total. The van der Waals surface area contributed by atoms with Gasteiger partial charge in [0.05, 0.1) is 0 Å². The van der Waals surface area contributed by atoms with E-state index in [9.17, 15) is 0 Å². The lowest BCUT2D eigenvalue weighted by Crippen LogP contribution is -2.67. The fraction of sp³-hybridized carbons (Fsp3) is 1.00. The summed E-state index contributed by atoms with van der Waals surface area (Å²) >= 11 is 0. The summed E-state index contributed by atoms with van der Waals surface area (Å²) in [7, 11) is 0. The lowest BCUT2D eigenvalue weighted by Gasteiger charge is -2.52. The van der Waals surface area contributed by atoms with E-state index < -0.39 is 0 Å². The molecular formula is C17H32N2. The zero-order valence-electron chi connectivity index (χ0n) is 13.0. The Balaban J connectivity index is 1.73. The maximum atomic E-state index is 4.00. The Bertz CT molecular complexity index is 288. The number of nitrogens with one attached hydrogen (secondary N) is 1. The third-order valence-electron chi connectivity index (χ3n) is 5.99. The molecule has 1 saturated heterocycles. The summed E-state index contributed by atoms with van der Waals surface area (Å²) in [6.45, 7) is 7.36. The SMILES string of the molecule is CCC(CC)N1CC2(CCCCC2)NCC1C1CC1. The van der Waals surface area contributed by atoms with Gasteiger partial charge in [0.15, 0.2) is 0 Å². The van der Waals surface area contributed by atoms with Gasteiger partial charge in [0.1, 0.15) is 0 Å². The maximum Gasteiger partial charge on any atom is 0.0309 e. The Kier molecular flexibility index (Phi) is 4.19. The molecule has 1 atom stereocenters. The topological polar surface area (TPSA) is 15.3 Å². The van der Waals surface area contributed by atoms with Gasteiger partial charge in [-0.1, -0.05) is 33.1 Å². The van der Waals surface area contributed by atoms with E-state index in [4.69, 9.17) is 0 Å². The molecule has 0 aromatic rings. The quantitative estimate of drug-likeness (QED) is 0.835. The van der Waals surface area contributed by atoms with Gasteiger partial charge in [-0.15, -0.1) is 0 Å². The second-order valence-electron chi connectivity index (χ2n) is 7.27. The Labute approximate surface area is 119 Å². The zero-order chi connectivity index (χ0) is 13.3. The Morgan fingerprint density at radius 2 is 1.79 bits per heavy atom. The number of rotatable bonds is 4. The fourth-order valence-electron chi connectivity index (χ4n) is 4.60. The van der Waals surface area contributed by atoms with Crippen LogP contribution < -0.4 is 5.32 Å². The highest BCUT2D eigenvalue weighted by molar-refractivity contribution is 5.04. The molecule has 0 aromatic carbocycles. The van der Waals surface area contributed by atoms with Gasteiger partial charge in [0, 0.05) is 30.7 Å². The van der Waals surface area contributed by atoms with Crippen LogP contribution in [0.15, 0.2) is 0 Å². The Morgan fingerprint density at radius 1 is 1.11 bits per heavy atom. The molecule has 1 heterocycles. The molecule has 0 radical (unpaired) electrons. The molecule has 1 unspecified atom stereocenters. The molecule has 2 heteroatoms. The van der Waals surface area contributed by atoms with Gasteiger partial charge < -0.3 is 5.32 Å². The molecule has 1 spiro atoms. The van der Waals surface area contributed by atoms with Crippen LogP contribution in [0.5, 0.6) is 0 Å². The maximum absolute atomic E-state index is 4.00. The van der Waals surface area contributed by atoms with E-state index in [1.165, 1.54) is 70.9 Å². The molecule has 3 aliphatic rings. The first-order chi connectivity index (χ1) is 9.28. The monoisotopic (exact) mass is 264 g/mol. The molecule has 1 aliphatic heterocycles. The highest BCUT2D eigenvalue weighted by Gasteiger charge is 2.46. The lowest BCUT2D eigenvalue weighted by molar-refractivity contribution is 0.0127. The fourth-order valence-corrected chi connectivity index (χ4v) is 4.60. The Morgan fingerprint density at radius 3 is 2.37 bits per heavy atom. The molecule has 3 fully saturated rings. The largest absolute Gasteiger partial charge is 0.308 e. The number of nitrogens with zero attached hydrogens (tertiary/aromatic N) is 1. The van der Waals surface area contributed by atoms with E-state index in [1.807, 2.05) is 0 Å². The Hall–Kier alpha value is -0.0800. The predicted molar refractivity (Wildman–Crippen MR) is 81.4 cm³/mol. The third-order valence-corrected chi connectivity index (χ3v) is 5.99. The van der Waals surface area contributed by atoms with Gasteiger partial charge in [-0.2, -0.15) is 0 Å². The first kappa shape index (κ1) is 13.9. The first-order valence-electron chi connectivity index (χ1n) is 8.79. The van der Waals surface area contributed by atoms with Gasteiger partial charge in [-0.05, 0) is 44.4 Å². The van der Waals surface area contributed by atoms with Gasteiger partial charge >= 0.3 is 0 Å². The molecule has 0 aromatic heterocycles. The second-order valence-corrected chi connectivity index (χ2v) is 7.27. The van der Waals surface area contributed by atoms with Crippen LogP contribution >= 0.6 is 0 Å². The minimum Gasteiger partial charge on any atom is -0.308 e. The molecule has 2 aliphatic carbocycles. The number of piperazine rings is 1. The molecule has 19 heavy (non-hydrogen) atoms. The van der Waals surface area contributed by atoms with E-state index in [1.54, 1.807) is 0 Å². The van der Waals surface area contributed by atoms with Crippen LogP contribution in [0.1, 0.15) is 71.6 Å². The van der Waals surface area contributed by atoms with Crippen molar-refractivity contribution in [2.45, 2.75) is 89.3 Å². The van der Waals surface area contributed by atoms with Crippen molar-refractivity contribution in [1.29, 1.82) is 0 Å². The minimum atomic E-state index is 0.478. The van der Waals surface area contributed by atoms with Crippen molar-refractivity contribution in [3.05, 3.63) is 0 Å². The summed E-state index contributed by atoms with van der Waals surface area (Å²) in [5.41, 5.74) is 0.478. The minimum absolute atomic E-state index is 0.478. The number of hydrogen-bond donors (Lipinski definition) is 1. The van der Waals surface area contributed by atoms with Crippen LogP contribution in [0.25, 0.3) is 0 Å². The standard InChI is InChI=1S/C17H32N2/c1-3-15(4-2)19-13-17(10-6-5-7-11-17)18-12-16(19)14-8-9-14/h14-16,18H,3-13H2,1-2H3. The molecule has 110 valence electrons.